The van der Waals surface area contributed by atoms with Gasteiger partial charge in [0.2, 0.25) is 18.6 Å². The van der Waals surface area contributed by atoms with E-state index in [9.17, 15) is 14.4 Å². The number of rotatable bonds is 7. The first-order chi connectivity index (χ1) is 25.4. The third-order valence-electron chi connectivity index (χ3n) is 11.1. The Hall–Kier alpha value is -5.81. The maximum absolute atomic E-state index is 14.3. The summed E-state index contributed by atoms with van der Waals surface area (Å²) in [5.41, 5.74) is 12.7. The highest BCUT2D eigenvalue weighted by Crippen LogP contribution is 2.45. The maximum atomic E-state index is 14.3. The zero-order valence-electron chi connectivity index (χ0n) is 28.7. The van der Waals surface area contributed by atoms with Gasteiger partial charge in [0.25, 0.3) is 5.91 Å². The number of piperazine rings is 1. The standard InChI is InChI=1S/C41H40N6O5/c42-31-6-2-4-8-33(31)44-40(49)27-11-9-25(10-12-27)21-45-17-15-26(16-18-45)22-46-23-37(48)47-34(41(46)50)20-30-29-5-1-3-7-32(29)43-38(30)39(47)28-13-14-35-36(19-28)52-24-51-35/h1-14,19,26,34,39,43H,15-18,20-24,42H2,(H,44,49). The van der Waals surface area contributed by atoms with E-state index < -0.39 is 12.1 Å². The van der Waals surface area contributed by atoms with E-state index in [0.29, 0.717) is 47.3 Å². The fourth-order valence-corrected chi connectivity index (χ4v) is 8.37. The number of para-hydroxylation sites is 3. The smallest absolute Gasteiger partial charge is 0.255 e. The molecule has 3 amide bonds. The van der Waals surface area contributed by atoms with Gasteiger partial charge in [0.05, 0.1) is 24.0 Å². The van der Waals surface area contributed by atoms with Gasteiger partial charge in [-0.15, -0.1) is 0 Å². The van der Waals surface area contributed by atoms with Crippen molar-refractivity contribution >= 4 is 40.0 Å². The quantitative estimate of drug-likeness (QED) is 0.196. The molecule has 4 aromatic carbocycles. The number of likely N-dealkylation sites (tertiary alicyclic amines) is 1. The minimum absolute atomic E-state index is 0.0165. The van der Waals surface area contributed by atoms with Crippen LogP contribution in [-0.4, -0.2) is 76.4 Å². The summed E-state index contributed by atoms with van der Waals surface area (Å²) in [5.74, 6) is 1.42. The Morgan fingerprint density at radius 3 is 2.50 bits per heavy atom. The summed E-state index contributed by atoms with van der Waals surface area (Å²) in [5, 5.41) is 3.96. The van der Waals surface area contributed by atoms with Crippen LogP contribution in [0.5, 0.6) is 11.5 Å². The topological polar surface area (TPSA) is 133 Å². The number of piperidine rings is 1. The highest BCUT2D eigenvalue weighted by atomic mass is 16.7. The lowest BCUT2D eigenvalue weighted by molar-refractivity contribution is -0.159. The number of anilines is 2. The number of ether oxygens (including phenoxy) is 2. The number of carbonyl (C=O) groups excluding carboxylic acids is 3. The molecule has 0 saturated carbocycles. The monoisotopic (exact) mass is 696 g/mol. The first kappa shape index (κ1) is 32.1. The highest BCUT2D eigenvalue weighted by molar-refractivity contribution is 6.05. The fourth-order valence-electron chi connectivity index (χ4n) is 8.37. The Balaban J connectivity index is 0.860. The lowest BCUT2D eigenvalue weighted by Crippen LogP contribution is -2.63. The number of hydrogen-bond donors (Lipinski definition) is 3. The van der Waals surface area contributed by atoms with Crippen LogP contribution >= 0.6 is 0 Å². The van der Waals surface area contributed by atoms with Crippen molar-refractivity contribution in [1.29, 1.82) is 0 Å². The molecular formula is C41H40N6O5. The molecule has 2 fully saturated rings. The average molecular weight is 697 g/mol. The number of aromatic amines is 1. The predicted molar refractivity (Wildman–Crippen MR) is 197 cm³/mol. The van der Waals surface area contributed by atoms with Gasteiger partial charge in [0, 0.05) is 41.7 Å². The number of amides is 3. The van der Waals surface area contributed by atoms with Crippen LogP contribution in [0.2, 0.25) is 0 Å². The van der Waals surface area contributed by atoms with Crippen LogP contribution in [0.15, 0.2) is 91.0 Å². The Labute approximate surface area is 301 Å². The molecule has 5 aromatic rings. The second kappa shape index (κ2) is 13.1. The van der Waals surface area contributed by atoms with Crippen molar-refractivity contribution in [2.24, 2.45) is 5.92 Å². The van der Waals surface area contributed by atoms with Crippen molar-refractivity contribution in [3.63, 3.8) is 0 Å². The summed E-state index contributed by atoms with van der Waals surface area (Å²) in [4.78, 5) is 50.9. The van der Waals surface area contributed by atoms with Crippen LogP contribution in [0.1, 0.15) is 51.6 Å². The Morgan fingerprint density at radius 2 is 1.67 bits per heavy atom. The van der Waals surface area contributed by atoms with Crippen molar-refractivity contribution in [1.82, 2.24) is 19.7 Å². The Morgan fingerprint density at radius 1 is 0.904 bits per heavy atom. The molecule has 0 bridgehead atoms. The molecule has 52 heavy (non-hydrogen) atoms. The summed E-state index contributed by atoms with van der Waals surface area (Å²) < 4.78 is 11.3. The minimum Gasteiger partial charge on any atom is -0.454 e. The molecule has 4 aliphatic rings. The summed E-state index contributed by atoms with van der Waals surface area (Å²) in [7, 11) is 0. The molecule has 2 unspecified atom stereocenters. The van der Waals surface area contributed by atoms with E-state index in [1.54, 1.807) is 12.1 Å². The normalized spacial score (nSPS) is 20.2. The molecule has 11 nitrogen and oxygen atoms in total. The summed E-state index contributed by atoms with van der Waals surface area (Å²) >= 11 is 0. The molecule has 2 atom stereocenters. The zero-order chi connectivity index (χ0) is 35.3. The van der Waals surface area contributed by atoms with Crippen molar-refractivity contribution in [3.05, 3.63) is 119 Å². The number of benzene rings is 4. The number of aromatic nitrogens is 1. The van der Waals surface area contributed by atoms with Gasteiger partial charge < -0.3 is 35.3 Å². The molecule has 4 aliphatic heterocycles. The Kier molecular flexibility index (Phi) is 8.07. The van der Waals surface area contributed by atoms with E-state index >= 15 is 0 Å². The number of carbonyl (C=O) groups is 3. The number of nitrogens with two attached hydrogens (primary N) is 1. The number of hydrogen-bond acceptors (Lipinski definition) is 7. The summed E-state index contributed by atoms with van der Waals surface area (Å²) in [6.07, 6.45) is 2.36. The molecule has 9 rings (SSSR count). The molecule has 5 heterocycles. The second-order valence-corrected chi connectivity index (χ2v) is 14.3. The van der Waals surface area contributed by atoms with E-state index in [0.717, 1.165) is 65.8 Å². The van der Waals surface area contributed by atoms with Crippen molar-refractivity contribution in [3.8, 4) is 11.5 Å². The summed E-state index contributed by atoms with van der Waals surface area (Å²) in [6.45, 7) is 3.40. The summed E-state index contributed by atoms with van der Waals surface area (Å²) in [6, 6.07) is 27.8. The van der Waals surface area contributed by atoms with Crippen molar-refractivity contribution in [2.75, 3.05) is 44.0 Å². The van der Waals surface area contributed by atoms with E-state index in [4.69, 9.17) is 15.2 Å². The molecule has 0 spiro atoms. The van der Waals surface area contributed by atoms with Crippen LogP contribution in [-0.2, 0) is 22.6 Å². The Bertz CT molecular complexity index is 2190. The van der Waals surface area contributed by atoms with Gasteiger partial charge in [0.15, 0.2) is 11.5 Å². The highest BCUT2D eigenvalue weighted by Gasteiger charge is 2.48. The molecule has 0 radical (unpaired) electrons. The average Bonchev–Trinajstić information content (AvgIpc) is 3.79. The molecular weight excluding hydrogens is 656 g/mol. The van der Waals surface area contributed by atoms with Gasteiger partial charge in [-0.2, -0.15) is 0 Å². The second-order valence-electron chi connectivity index (χ2n) is 14.3. The molecule has 264 valence electrons. The molecule has 1 aromatic heterocycles. The first-order valence-electron chi connectivity index (χ1n) is 18.0. The van der Waals surface area contributed by atoms with Gasteiger partial charge in [-0.25, -0.2) is 0 Å². The number of H-pyrrole nitrogens is 1. The lowest BCUT2D eigenvalue weighted by atomic mass is 9.85. The van der Waals surface area contributed by atoms with Crippen LogP contribution in [0.25, 0.3) is 10.9 Å². The number of nitrogens with zero attached hydrogens (tertiary/aromatic N) is 3. The third kappa shape index (κ3) is 5.80. The lowest BCUT2D eigenvalue weighted by Gasteiger charge is -2.48. The van der Waals surface area contributed by atoms with Crippen molar-refractivity contribution in [2.45, 2.75) is 37.9 Å². The third-order valence-corrected chi connectivity index (χ3v) is 11.1. The largest absolute Gasteiger partial charge is 0.454 e. The molecule has 2 saturated heterocycles. The van der Waals surface area contributed by atoms with E-state index in [1.807, 2.05) is 82.6 Å². The molecule has 4 N–H and O–H groups in total. The van der Waals surface area contributed by atoms with Gasteiger partial charge in [-0.05, 0) is 91.0 Å². The number of fused-ring (bicyclic) bond motifs is 5. The fraction of sp³-hybridized carbons (Fsp3) is 0.293. The maximum Gasteiger partial charge on any atom is 0.255 e. The van der Waals surface area contributed by atoms with Crippen LogP contribution in [0.4, 0.5) is 11.4 Å². The van der Waals surface area contributed by atoms with Gasteiger partial charge >= 0.3 is 0 Å². The first-order valence-corrected chi connectivity index (χ1v) is 18.0. The van der Waals surface area contributed by atoms with Gasteiger partial charge in [-0.3, -0.25) is 19.3 Å². The van der Waals surface area contributed by atoms with Crippen molar-refractivity contribution < 1.29 is 23.9 Å². The minimum atomic E-state index is -0.585. The predicted octanol–water partition coefficient (Wildman–Crippen LogP) is 5.33. The van der Waals surface area contributed by atoms with Crippen LogP contribution in [0.3, 0.4) is 0 Å². The zero-order valence-corrected chi connectivity index (χ0v) is 28.7. The number of nitrogens with one attached hydrogen (secondary N) is 2. The van der Waals surface area contributed by atoms with Crippen LogP contribution < -0.4 is 20.5 Å². The van der Waals surface area contributed by atoms with Gasteiger partial charge in [0.1, 0.15) is 6.04 Å². The van der Waals surface area contributed by atoms with Crippen LogP contribution in [0, 0.1) is 5.92 Å². The molecule has 11 heteroatoms. The number of nitrogen functional groups attached to an aromatic ring is 1. The van der Waals surface area contributed by atoms with E-state index in [2.05, 4.69) is 21.3 Å². The van der Waals surface area contributed by atoms with E-state index in [1.165, 1.54) is 0 Å². The molecule has 0 aliphatic carbocycles. The van der Waals surface area contributed by atoms with E-state index in [-0.39, 0.29) is 31.1 Å². The SMILES string of the molecule is Nc1ccccc1NC(=O)c1ccc(CN2CCC(CN3CC(=O)N4C(Cc5c([nH]c6ccccc56)C4c4ccc5c(c4)OCO5)C3=O)CC2)cc1. The van der Waals surface area contributed by atoms with Gasteiger partial charge in [-0.1, -0.05) is 48.5 Å².